The molecule has 3 amide bonds. The summed E-state index contributed by atoms with van der Waals surface area (Å²) in [6.45, 7) is 0.909. The number of carbonyl (C=O) groups excluding carboxylic acids is 2. The highest BCUT2D eigenvalue weighted by molar-refractivity contribution is 6.35. The van der Waals surface area contributed by atoms with E-state index in [0.717, 1.165) is 4.90 Å². The highest BCUT2D eigenvalue weighted by atomic mass is 35.5. The highest BCUT2D eigenvalue weighted by Crippen LogP contribution is 2.34. The molecule has 0 atom stereocenters. The quantitative estimate of drug-likeness (QED) is 0.811. The van der Waals surface area contributed by atoms with Crippen molar-refractivity contribution < 1.29 is 14.3 Å². The lowest BCUT2D eigenvalue weighted by Crippen LogP contribution is -2.51. The number of urea groups is 1. The molecule has 1 N–H and O–H groups in total. The van der Waals surface area contributed by atoms with Crippen molar-refractivity contribution in [3.8, 4) is 0 Å². The number of nitrogens with one attached hydrogen (secondary N) is 1. The molecule has 0 radical (unpaired) electrons. The smallest absolute Gasteiger partial charge is 0.329 e. The monoisotopic (exact) mass is 314 g/mol. The van der Waals surface area contributed by atoms with E-state index in [9.17, 15) is 9.59 Å². The van der Waals surface area contributed by atoms with Crippen LogP contribution in [0.1, 0.15) is 12.8 Å². The van der Waals surface area contributed by atoms with Gasteiger partial charge in [-0.15, -0.1) is 0 Å². The minimum Gasteiger partial charge on any atom is -0.381 e. The molecule has 1 aromatic rings. The molecule has 1 spiro atoms. The van der Waals surface area contributed by atoms with Gasteiger partial charge in [0.1, 0.15) is 5.54 Å². The van der Waals surface area contributed by atoms with E-state index in [1.165, 1.54) is 0 Å². The molecular weight excluding hydrogens is 303 g/mol. The molecule has 2 aliphatic rings. The number of nitrogens with zero attached hydrogens (tertiary/aromatic N) is 1. The summed E-state index contributed by atoms with van der Waals surface area (Å²) in [6.07, 6.45) is 0.949. The molecule has 20 heavy (non-hydrogen) atoms. The van der Waals surface area contributed by atoms with Crippen molar-refractivity contribution in [3.63, 3.8) is 0 Å². The molecule has 0 saturated carbocycles. The van der Waals surface area contributed by atoms with E-state index < -0.39 is 11.6 Å². The number of rotatable bonds is 1. The van der Waals surface area contributed by atoms with E-state index in [0.29, 0.717) is 41.8 Å². The second-order valence-corrected chi connectivity index (χ2v) is 5.77. The first-order valence-electron chi connectivity index (χ1n) is 6.22. The van der Waals surface area contributed by atoms with Crippen LogP contribution in [-0.4, -0.2) is 30.7 Å². The van der Waals surface area contributed by atoms with Gasteiger partial charge in [-0.2, -0.15) is 0 Å². The maximum atomic E-state index is 12.6. The van der Waals surface area contributed by atoms with Gasteiger partial charge >= 0.3 is 6.03 Å². The Hall–Kier alpha value is -1.30. The molecular formula is C13H12Cl2N2O3. The number of hydrogen-bond acceptors (Lipinski definition) is 3. The summed E-state index contributed by atoms with van der Waals surface area (Å²) in [4.78, 5) is 25.9. The molecule has 7 heteroatoms. The normalized spacial score (nSPS) is 21.4. The van der Waals surface area contributed by atoms with Gasteiger partial charge in [-0.25, -0.2) is 9.69 Å². The third-order valence-corrected chi connectivity index (χ3v) is 4.05. The fraction of sp³-hybridized carbons (Fsp3) is 0.385. The molecule has 2 heterocycles. The van der Waals surface area contributed by atoms with Crippen LogP contribution in [0.25, 0.3) is 0 Å². The summed E-state index contributed by atoms with van der Waals surface area (Å²) >= 11 is 11.9. The van der Waals surface area contributed by atoms with Crippen molar-refractivity contribution in [2.24, 2.45) is 0 Å². The molecule has 0 bridgehead atoms. The van der Waals surface area contributed by atoms with Crippen molar-refractivity contribution in [1.82, 2.24) is 5.32 Å². The van der Waals surface area contributed by atoms with E-state index in [-0.39, 0.29) is 5.91 Å². The molecule has 0 unspecified atom stereocenters. The maximum absolute atomic E-state index is 12.6. The van der Waals surface area contributed by atoms with Crippen LogP contribution in [0.2, 0.25) is 10.0 Å². The van der Waals surface area contributed by atoms with Crippen LogP contribution in [0.15, 0.2) is 18.2 Å². The van der Waals surface area contributed by atoms with Crippen LogP contribution in [0.3, 0.4) is 0 Å². The van der Waals surface area contributed by atoms with E-state index in [1.54, 1.807) is 18.2 Å². The Morgan fingerprint density at radius 3 is 2.30 bits per heavy atom. The second-order valence-electron chi connectivity index (χ2n) is 4.89. The third kappa shape index (κ3) is 2.16. The summed E-state index contributed by atoms with van der Waals surface area (Å²) in [5.41, 5.74) is -0.474. The van der Waals surface area contributed by atoms with Crippen molar-refractivity contribution in [2.75, 3.05) is 18.1 Å². The number of halogens is 2. The molecule has 2 saturated heterocycles. The minimum absolute atomic E-state index is 0.274. The van der Waals surface area contributed by atoms with Crippen LogP contribution in [0.4, 0.5) is 10.5 Å². The number of imide groups is 1. The lowest BCUT2D eigenvalue weighted by Gasteiger charge is -2.30. The van der Waals surface area contributed by atoms with Gasteiger partial charge < -0.3 is 10.1 Å². The maximum Gasteiger partial charge on any atom is 0.329 e. The molecule has 106 valence electrons. The van der Waals surface area contributed by atoms with Crippen molar-refractivity contribution in [1.29, 1.82) is 0 Å². The molecule has 1 aromatic carbocycles. The summed E-state index contributed by atoms with van der Waals surface area (Å²) in [5, 5.41) is 3.53. The molecule has 3 rings (SSSR count). The number of anilines is 1. The van der Waals surface area contributed by atoms with Crippen molar-refractivity contribution >= 4 is 40.8 Å². The van der Waals surface area contributed by atoms with Gasteiger partial charge in [-0.1, -0.05) is 23.2 Å². The molecule has 2 fully saturated rings. The van der Waals surface area contributed by atoms with E-state index in [1.807, 2.05) is 0 Å². The zero-order chi connectivity index (χ0) is 14.3. The van der Waals surface area contributed by atoms with Crippen molar-refractivity contribution in [2.45, 2.75) is 18.4 Å². The number of carbonyl (C=O) groups is 2. The predicted molar refractivity (Wildman–Crippen MR) is 75.3 cm³/mol. The van der Waals surface area contributed by atoms with E-state index in [2.05, 4.69) is 5.32 Å². The van der Waals surface area contributed by atoms with Gasteiger partial charge in [0.15, 0.2) is 0 Å². The topological polar surface area (TPSA) is 58.6 Å². The first kappa shape index (κ1) is 13.7. The first-order chi connectivity index (χ1) is 9.52. The average molecular weight is 315 g/mol. The van der Waals surface area contributed by atoms with Gasteiger partial charge in [-0.05, 0) is 18.2 Å². The molecule has 0 aliphatic carbocycles. The second kappa shape index (κ2) is 4.91. The predicted octanol–water partition coefficient (Wildman–Crippen LogP) is 2.60. The van der Waals surface area contributed by atoms with Gasteiger partial charge in [0, 0.05) is 36.1 Å². The Labute approximate surface area is 125 Å². The first-order valence-corrected chi connectivity index (χ1v) is 6.98. The van der Waals surface area contributed by atoms with Gasteiger partial charge in [-0.3, -0.25) is 4.79 Å². The highest BCUT2D eigenvalue weighted by Gasteiger charge is 2.52. The Bertz CT molecular complexity index is 565. The molecule has 0 aromatic heterocycles. The summed E-state index contributed by atoms with van der Waals surface area (Å²) < 4.78 is 5.25. The van der Waals surface area contributed by atoms with Crippen LogP contribution in [0, 0.1) is 0 Å². The fourth-order valence-corrected chi connectivity index (χ4v) is 3.10. The summed E-state index contributed by atoms with van der Waals surface area (Å²) in [6, 6.07) is 4.19. The number of benzene rings is 1. The number of amides is 3. The lowest BCUT2D eigenvalue weighted by atomic mass is 9.90. The number of ether oxygens (including phenoxy) is 1. The molecule has 5 nitrogen and oxygen atoms in total. The van der Waals surface area contributed by atoms with Crippen LogP contribution in [-0.2, 0) is 9.53 Å². The van der Waals surface area contributed by atoms with Crippen LogP contribution < -0.4 is 10.2 Å². The summed E-state index contributed by atoms with van der Waals surface area (Å²) in [7, 11) is 0. The Morgan fingerprint density at radius 1 is 1.10 bits per heavy atom. The zero-order valence-electron chi connectivity index (χ0n) is 10.5. The Kier molecular flexibility index (Phi) is 3.36. The van der Waals surface area contributed by atoms with Crippen LogP contribution >= 0.6 is 23.2 Å². The van der Waals surface area contributed by atoms with E-state index in [4.69, 9.17) is 27.9 Å². The van der Waals surface area contributed by atoms with Gasteiger partial charge in [0.2, 0.25) is 0 Å². The SMILES string of the molecule is O=C1NC2(CCOCC2)C(=O)N1c1cc(Cl)cc(Cl)c1. The zero-order valence-corrected chi connectivity index (χ0v) is 12.0. The minimum atomic E-state index is -0.857. The summed E-state index contributed by atoms with van der Waals surface area (Å²) in [5.74, 6) is -0.274. The fourth-order valence-electron chi connectivity index (χ4n) is 2.58. The van der Waals surface area contributed by atoms with Gasteiger partial charge in [0.05, 0.1) is 5.69 Å². The standard InChI is InChI=1S/C13H12Cl2N2O3/c14-8-5-9(15)7-10(6-8)17-11(18)13(16-12(17)19)1-3-20-4-2-13/h5-7H,1-4H2,(H,16,19). The Balaban J connectivity index is 1.98. The molecule has 2 aliphatic heterocycles. The van der Waals surface area contributed by atoms with Crippen molar-refractivity contribution in [3.05, 3.63) is 28.2 Å². The average Bonchev–Trinajstić information content (AvgIpc) is 2.60. The van der Waals surface area contributed by atoms with Gasteiger partial charge in [0.25, 0.3) is 5.91 Å². The Morgan fingerprint density at radius 2 is 1.70 bits per heavy atom. The third-order valence-electron chi connectivity index (χ3n) is 3.61. The number of hydrogen-bond donors (Lipinski definition) is 1. The van der Waals surface area contributed by atoms with E-state index >= 15 is 0 Å². The lowest BCUT2D eigenvalue weighted by molar-refractivity contribution is -0.125. The van der Waals surface area contributed by atoms with Crippen LogP contribution in [0.5, 0.6) is 0 Å². The largest absolute Gasteiger partial charge is 0.381 e.